The van der Waals surface area contributed by atoms with Crippen LogP contribution in [0.4, 0.5) is 0 Å². The molecular formula is C21H34IN3O3. The van der Waals surface area contributed by atoms with E-state index in [1.807, 2.05) is 20.2 Å². The van der Waals surface area contributed by atoms with E-state index in [1.165, 1.54) is 18.4 Å². The van der Waals surface area contributed by atoms with Crippen molar-refractivity contribution >= 4 is 29.9 Å². The predicted molar refractivity (Wildman–Crippen MR) is 123 cm³/mol. The maximum atomic E-state index is 5.74. The van der Waals surface area contributed by atoms with Crippen molar-refractivity contribution in [1.82, 2.24) is 10.2 Å². The van der Waals surface area contributed by atoms with E-state index in [9.17, 15) is 0 Å². The number of nitrogens with zero attached hydrogens (tertiary/aromatic N) is 2. The minimum absolute atomic E-state index is 0. The first-order valence-corrected chi connectivity index (χ1v) is 9.89. The normalized spacial score (nSPS) is 16.4. The molecule has 0 atom stereocenters. The molecule has 0 unspecified atom stereocenters. The Morgan fingerprint density at radius 1 is 1.25 bits per heavy atom. The van der Waals surface area contributed by atoms with Gasteiger partial charge in [-0.15, -0.1) is 24.0 Å². The van der Waals surface area contributed by atoms with Gasteiger partial charge in [0.25, 0.3) is 0 Å². The first-order chi connectivity index (χ1) is 13.0. The largest absolute Gasteiger partial charge is 0.486 e. The van der Waals surface area contributed by atoms with Crippen LogP contribution >= 0.6 is 24.0 Å². The Bertz CT molecular complexity index is 662. The SMILES string of the molecule is CN=C(NCC(C)(C)c1ccc2c(c1)OCCO2)N(C)CCOCC1CC1.I. The van der Waals surface area contributed by atoms with Gasteiger partial charge in [0.15, 0.2) is 17.5 Å². The number of rotatable bonds is 8. The molecule has 1 aliphatic heterocycles. The van der Waals surface area contributed by atoms with Crippen molar-refractivity contribution < 1.29 is 14.2 Å². The van der Waals surface area contributed by atoms with Gasteiger partial charge in [-0.05, 0) is 36.5 Å². The van der Waals surface area contributed by atoms with Crippen LogP contribution in [0.25, 0.3) is 0 Å². The molecule has 1 fully saturated rings. The van der Waals surface area contributed by atoms with Gasteiger partial charge in [-0.2, -0.15) is 0 Å². The molecule has 0 bridgehead atoms. The highest BCUT2D eigenvalue weighted by atomic mass is 127. The minimum Gasteiger partial charge on any atom is -0.486 e. The van der Waals surface area contributed by atoms with Crippen molar-refractivity contribution in [2.75, 3.05) is 53.6 Å². The molecule has 6 nitrogen and oxygen atoms in total. The summed E-state index contributed by atoms with van der Waals surface area (Å²) in [6.07, 6.45) is 2.65. The maximum Gasteiger partial charge on any atom is 0.193 e. The number of halogens is 1. The zero-order chi connectivity index (χ0) is 19.3. The van der Waals surface area contributed by atoms with E-state index in [2.05, 4.69) is 41.2 Å². The van der Waals surface area contributed by atoms with E-state index in [0.717, 1.165) is 49.7 Å². The fourth-order valence-corrected chi connectivity index (χ4v) is 3.09. The van der Waals surface area contributed by atoms with E-state index in [1.54, 1.807) is 0 Å². The maximum absolute atomic E-state index is 5.74. The molecule has 0 saturated heterocycles. The van der Waals surface area contributed by atoms with E-state index in [-0.39, 0.29) is 29.4 Å². The van der Waals surface area contributed by atoms with E-state index >= 15 is 0 Å². The smallest absolute Gasteiger partial charge is 0.193 e. The molecule has 7 heteroatoms. The van der Waals surface area contributed by atoms with Gasteiger partial charge in [0.2, 0.25) is 0 Å². The lowest BCUT2D eigenvalue weighted by atomic mass is 9.84. The van der Waals surface area contributed by atoms with Gasteiger partial charge in [-0.3, -0.25) is 4.99 Å². The van der Waals surface area contributed by atoms with Gasteiger partial charge < -0.3 is 24.4 Å². The van der Waals surface area contributed by atoms with Crippen molar-refractivity contribution in [1.29, 1.82) is 0 Å². The number of nitrogens with one attached hydrogen (secondary N) is 1. The summed E-state index contributed by atoms with van der Waals surface area (Å²) in [7, 11) is 3.87. The third-order valence-electron chi connectivity index (χ3n) is 5.21. The molecule has 0 spiro atoms. The van der Waals surface area contributed by atoms with Crippen molar-refractivity contribution in [3.63, 3.8) is 0 Å². The Hall–Kier alpha value is -1.22. The van der Waals surface area contributed by atoms with Crippen molar-refractivity contribution in [2.45, 2.75) is 32.1 Å². The van der Waals surface area contributed by atoms with Crippen LogP contribution in [-0.2, 0) is 10.2 Å². The number of benzene rings is 1. The molecule has 1 aromatic rings. The molecule has 0 aromatic heterocycles. The first kappa shape index (κ1) is 23.1. The number of guanidine groups is 1. The zero-order valence-electron chi connectivity index (χ0n) is 17.5. The molecule has 0 radical (unpaired) electrons. The van der Waals surface area contributed by atoms with Crippen LogP contribution < -0.4 is 14.8 Å². The first-order valence-electron chi connectivity index (χ1n) is 9.89. The van der Waals surface area contributed by atoms with Crippen molar-refractivity contribution in [2.24, 2.45) is 10.9 Å². The van der Waals surface area contributed by atoms with Gasteiger partial charge in [-0.25, -0.2) is 0 Å². The summed E-state index contributed by atoms with van der Waals surface area (Å²) in [4.78, 5) is 6.53. The summed E-state index contributed by atoms with van der Waals surface area (Å²) in [5.41, 5.74) is 1.14. The van der Waals surface area contributed by atoms with E-state index in [4.69, 9.17) is 14.2 Å². The van der Waals surface area contributed by atoms with Crippen LogP contribution in [0.2, 0.25) is 0 Å². The molecule has 1 aliphatic carbocycles. The number of hydrogen-bond donors (Lipinski definition) is 1. The number of ether oxygens (including phenoxy) is 3. The Labute approximate surface area is 186 Å². The number of fused-ring (bicyclic) bond motifs is 1. The zero-order valence-corrected chi connectivity index (χ0v) is 19.8. The highest BCUT2D eigenvalue weighted by molar-refractivity contribution is 14.0. The van der Waals surface area contributed by atoms with Gasteiger partial charge in [0.05, 0.1) is 6.61 Å². The quantitative estimate of drug-likeness (QED) is 0.256. The molecule has 0 amide bonds. The fraction of sp³-hybridized carbons (Fsp3) is 0.667. The van der Waals surface area contributed by atoms with Crippen LogP contribution in [0.1, 0.15) is 32.3 Å². The Morgan fingerprint density at radius 3 is 2.64 bits per heavy atom. The predicted octanol–water partition coefficient (Wildman–Crippen LogP) is 3.29. The summed E-state index contributed by atoms with van der Waals surface area (Å²) in [6.45, 7) is 8.90. The van der Waals surface area contributed by atoms with E-state index < -0.39 is 0 Å². The number of aliphatic imine (C=N–C) groups is 1. The van der Waals surface area contributed by atoms with Crippen LogP contribution in [0.3, 0.4) is 0 Å². The second kappa shape index (κ2) is 10.5. The summed E-state index contributed by atoms with van der Waals surface area (Å²) < 4.78 is 17.1. The third kappa shape index (κ3) is 6.40. The lowest BCUT2D eigenvalue weighted by Gasteiger charge is -2.30. The Morgan fingerprint density at radius 2 is 1.96 bits per heavy atom. The number of likely N-dealkylation sites (N-methyl/N-ethyl adjacent to an activating group) is 1. The van der Waals surface area contributed by atoms with Crippen LogP contribution in [0, 0.1) is 5.92 Å². The van der Waals surface area contributed by atoms with E-state index in [0.29, 0.717) is 13.2 Å². The second-order valence-electron chi connectivity index (χ2n) is 8.08. The topological polar surface area (TPSA) is 55.3 Å². The van der Waals surface area contributed by atoms with Gasteiger partial charge in [0.1, 0.15) is 13.2 Å². The van der Waals surface area contributed by atoms with Crippen molar-refractivity contribution in [3.8, 4) is 11.5 Å². The highest BCUT2D eigenvalue weighted by Crippen LogP contribution is 2.35. The molecular weight excluding hydrogens is 469 g/mol. The number of hydrogen-bond acceptors (Lipinski definition) is 4. The van der Waals surface area contributed by atoms with Crippen LogP contribution in [-0.4, -0.2) is 64.5 Å². The van der Waals surface area contributed by atoms with Gasteiger partial charge in [0, 0.05) is 39.2 Å². The summed E-state index contributed by atoms with van der Waals surface area (Å²) >= 11 is 0. The van der Waals surface area contributed by atoms with Crippen LogP contribution in [0.5, 0.6) is 11.5 Å². The fourth-order valence-electron chi connectivity index (χ4n) is 3.09. The monoisotopic (exact) mass is 503 g/mol. The molecule has 2 aliphatic rings. The lowest BCUT2D eigenvalue weighted by molar-refractivity contribution is 0.115. The molecule has 28 heavy (non-hydrogen) atoms. The summed E-state index contributed by atoms with van der Waals surface area (Å²) in [5.74, 6) is 3.35. The molecule has 1 N–H and O–H groups in total. The Kier molecular flexibility index (Phi) is 8.67. The standard InChI is InChI=1S/C21H33N3O3.HI/c1-21(2,17-7-8-18-19(13-17)27-12-11-26-18)15-23-20(22-3)24(4)9-10-25-14-16-5-6-16;/h7-8,13,16H,5-6,9-12,14-15H2,1-4H3,(H,22,23);1H. The lowest BCUT2D eigenvalue weighted by Crippen LogP contribution is -2.45. The molecule has 158 valence electrons. The van der Waals surface area contributed by atoms with Gasteiger partial charge >= 0.3 is 0 Å². The summed E-state index contributed by atoms with van der Waals surface area (Å²) in [6, 6.07) is 6.21. The minimum atomic E-state index is -0.0743. The Balaban J connectivity index is 0.00000280. The second-order valence-corrected chi connectivity index (χ2v) is 8.08. The highest BCUT2D eigenvalue weighted by Gasteiger charge is 2.24. The molecule has 1 heterocycles. The average Bonchev–Trinajstić information content (AvgIpc) is 3.49. The molecule has 3 rings (SSSR count). The third-order valence-corrected chi connectivity index (χ3v) is 5.21. The molecule has 1 saturated carbocycles. The molecule has 1 aromatic carbocycles. The van der Waals surface area contributed by atoms with Crippen molar-refractivity contribution in [3.05, 3.63) is 23.8 Å². The summed E-state index contributed by atoms with van der Waals surface area (Å²) in [5, 5.41) is 3.50. The van der Waals surface area contributed by atoms with Gasteiger partial charge in [-0.1, -0.05) is 19.9 Å². The van der Waals surface area contributed by atoms with Crippen LogP contribution in [0.15, 0.2) is 23.2 Å². The average molecular weight is 503 g/mol.